The molecule has 1 fully saturated rings. The Labute approximate surface area is 155 Å². The molecule has 4 rings (SSSR count). The summed E-state index contributed by atoms with van der Waals surface area (Å²) in [6, 6.07) is 7.23. The van der Waals surface area contributed by atoms with E-state index in [4.69, 9.17) is 9.68 Å². The maximum atomic E-state index is 13.6. The second kappa shape index (κ2) is 6.72. The first-order valence-electron chi connectivity index (χ1n) is 8.66. The van der Waals surface area contributed by atoms with Gasteiger partial charge in [0.1, 0.15) is 23.2 Å². The molecule has 6 nitrogen and oxygen atoms in total. The Morgan fingerprint density at radius 3 is 2.93 bits per heavy atom. The van der Waals surface area contributed by atoms with Gasteiger partial charge in [0.05, 0.1) is 23.5 Å². The summed E-state index contributed by atoms with van der Waals surface area (Å²) in [4.78, 5) is 16.4. The molecule has 3 aromatic rings. The Morgan fingerprint density at radius 1 is 1.37 bits per heavy atom. The van der Waals surface area contributed by atoms with Gasteiger partial charge in [-0.15, -0.1) is 0 Å². The van der Waals surface area contributed by atoms with Gasteiger partial charge in [0.25, 0.3) is 0 Å². The van der Waals surface area contributed by atoms with Crippen molar-refractivity contribution in [3.8, 4) is 6.07 Å². The van der Waals surface area contributed by atoms with Gasteiger partial charge in [-0.2, -0.15) is 5.26 Å². The van der Waals surface area contributed by atoms with Gasteiger partial charge in [-0.25, -0.2) is 9.18 Å². The number of rotatable bonds is 4. The Hall–Kier alpha value is -3.40. The molecule has 1 atom stereocenters. The number of carbonyl (C=O) groups is 1. The molecule has 0 radical (unpaired) electrons. The number of urea groups is 1. The van der Waals surface area contributed by atoms with E-state index >= 15 is 0 Å². The van der Waals surface area contributed by atoms with Crippen molar-refractivity contribution in [1.82, 2.24) is 10.3 Å². The first kappa shape index (κ1) is 17.0. The lowest BCUT2D eigenvalue weighted by atomic mass is 10.0. The molecule has 0 unspecified atom stereocenters. The van der Waals surface area contributed by atoms with Crippen LogP contribution in [-0.2, 0) is 0 Å². The van der Waals surface area contributed by atoms with Crippen LogP contribution in [0.4, 0.5) is 14.9 Å². The molecule has 7 heteroatoms. The van der Waals surface area contributed by atoms with Crippen LogP contribution in [0.25, 0.3) is 11.0 Å². The molecule has 2 amide bonds. The number of furan rings is 1. The quantitative estimate of drug-likeness (QED) is 0.717. The van der Waals surface area contributed by atoms with Gasteiger partial charge >= 0.3 is 6.03 Å². The molecule has 136 valence electrons. The minimum Gasteiger partial charge on any atom is -0.459 e. The number of aromatic nitrogens is 1. The predicted molar refractivity (Wildman–Crippen MR) is 97.5 cm³/mol. The summed E-state index contributed by atoms with van der Waals surface area (Å²) in [5.74, 6) is 0.608. The third kappa shape index (κ3) is 3.47. The maximum Gasteiger partial charge on any atom is 0.319 e. The molecule has 0 aliphatic heterocycles. The molecule has 1 saturated carbocycles. The van der Waals surface area contributed by atoms with Gasteiger partial charge in [-0.3, -0.25) is 4.98 Å². The first-order chi connectivity index (χ1) is 13.0. The van der Waals surface area contributed by atoms with E-state index in [2.05, 4.69) is 15.6 Å². The lowest BCUT2D eigenvalue weighted by Gasteiger charge is -2.17. The fraction of sp³-hybridized carbons (Fsp3) is 0.250. The molecule has 0 saturated heterocycles. The maximum absolute atomic E-state index is 13.6. The molecular weight excluding hydrogens is 347 g/mol. The van der Waals surface area contributed by atoms with E-state index in [1.54, 1.807) is 12.1 Å². The summed E-state index contributed by atoms with van der Waals surface area (Å²) >= 11 is 0. The average Bonchev–Trinajstić information content (AvgIpc) is 3.45. The summed E-state index contributed by atoms with van der Waals surface area (Å²) in [5, 5.41) is 15.3. The number of benzene rings is 1. The summed E-state index contributed by atoms with van der Waals surface area (Å²) in [5.41, 5.74) is 2.23. The van der Waals surface area contributed by atoms with Crippen molar-refractivity contribution >= 4 is 22.7 Å². The number of hydrogen-bond donors (Lipinski definition) is 2. The van der Waals surface area contributed by atoms with Crippen LogP contribution < -0.4 is 10.6 Å². The Balaban J connectivity index is 1.58. The van der Waals surface area contributed by atoms with Gasteiger partial charge in [0.15, 0.2) is 0 Å². The Kier molecular flexibility index (Phi) is 4.24. The molecule has 1 aromatic carbocycles. The second-order valence-electron chi connectivity index (χ2n) is 6.72. The zero-order valence-electron chi connectivity index (χ0n) is 14.6. The Bertz CT molecular complexity index is 1070. The SMILES string of the molecule is Cc1c([C@H](NC(=O)Nc2cncc(C#N)c2)C2CC2)oc2ccc(F)cc12. The summed E-state index contributed by atoms with van der Waals surface area (Å²) in [6.07, 6.45) is 4.87. The van der Waals surface area contributed by atoms with Crippen molar-refractivity contribution in [3.63, 3.8) is 0 Å². The van der Waals surface area contributed by atoms with Gasteiger partial charge in [-0.1, -0.05) is 0 Å². The topological polar surface area (TPSA) is 91.0 Å². The fourth-order valence-electron chi connectivity index (χ4n) is 3.21. The number of nitrogens with zero attached hydrogens (tertiary/aromatic N) is 2. The van der Waals surface area contributed by atoms with Crippen molar-refractivity contribution in [2.75, 3.05) is 5.32 Å². The number of pyridine rings is 1. The van der Waals surface area contributed by atoms with Crippen LogP contribution in [0.15, 0.2) is 41.1 Å². The van der Waals surface area contributed by atoms with E-state index in [1.165, 1.54) is 24.5 Å². The molecule has 0 spiro atoms. The van der Waals surface area contributed by atoms with E-state index in [-0.39, 0.29) is 17.8 Å². The highest BCUT2D eigenvalue weighted by Crippen LogP contribution is 2.44. The predicted octanol–water partition coefficient (Wildman–Crippen LogP) is 4.42. The van der Waals surface area contributed by atoms with Gasteiger partial charge in [0.2, 0.25) is 0 Å². The molecule has 1 aliphatic carbocycles. The summed E-state index contributed by atoms with van der Waals surface area (Å²) in [7, 11) is 0. The molecule has 0 bridgehead atoms. The minimum absolute atomic E-state index is 0.281. The molecular formula is C20H17FN4O2. The van der Waals surface area contributed by atoms with Crippen molar-refractivity contribution in [2.45, 2.75) is 25.8 Å². The summed E-state index contributed by atoms with van der Waals surface area (Å²) in [6.45, 7) is 1.87. The number of carbonyl (C=O) groups excluding carboxylic acids is 1. The largest absolute Gasteiger partial charge is 0.459 e. The number of nitriles is 1. The van der Waals surface area contributed by atoms with Crippen molar-refractivity contribution in [1.29, 1.82) is 5.26 Å². The van der Waals surface area contributed by atoms with Gasteiger partial charge < -0.3 is 15.1 Å². The fourth-order valence-corrected chi connectivity index (χ4v) is 3.21. The highest BCUT2D eigenvalue weighted by molar-refractivity contribution is 5.90. The molecule has 1 aliphatic rings. The van der Waals surface area contributed by atoms with E-state index in [9.17, 15) is 9.18 Å². The van der Waals surface area contributed by atoms with E-state index in [0.29, 0.717) is 28.0 Å². The van der Waals surface area contributed by atoms with Crippen LogP contribution in [0.1, 0.15) is 35.8 Å². The number of halogens is 1. The standard InChI is InChI=1S/C20H17FN4O2/c1-11-16-7-14(21)4-5-17(16)27-19(11)18(13-2-3-13)25-20(26)24-15-6-12(8-22)9-23-10-15/h4-7,9-10,13,18H,2-3H2,1H3,(H2,24,25,26)/t18-/m1/s1. The van der Waals surface area contributed by atoms with Crippen LogP contribution in [0, 0.1) is 30.0 Å². The normalized spacial score (nSPS) is 14.6. The van der Waals surface area contributed by atoms with Crippen LogP contribution in [0.5, 0.6) is 0 Å². The second-order valence-corrected chi connectivity index (χ2v) is 6.72. The molecule has 2 heterocycles. The van der Waals surface area contributed by atoms with Crippen LogP contribution in [0.2, 0.25) is 0 Å². The van der Waals surface area contributed by atoms with E-state index in [0.717, 1.165) is 18.4 Å². The van der Waals surface area contributed by atoms with Crippen LogP contribution in [-0.4, -0.2) is 11.0 Å². The molecule has 27 heavy (non-hydrogen) atoms. The smallest absolute Gasteiger partial charge is 0.319 e. The van der Waals surface area contributed by atoms with Crippen molar-refractivity contribution < 1.29 is 13.6 Å². The number of fused-ring (bicyclic) bond motifs is 1. The molecule has 2 aromatic heterocycles. The lowest BCUT2D eigenvalue weighted by molar-refractivity contribution is 0.244. The minimum atomic E-state index is -0.408. The monoisotopic (exact) mass is 364 g/mol. The highest BCUT2D eigenvalue weighted by atomic mass is 19.1. The highest BCUT2D eigenvalue weighted by Gasteiger charge is 2.37. The molecule has 2 N–H and O–H groups in total. The number of hydrogen-bond acceptors (Lipinski definition) is 4. The van der Waals surface area contributed by atoms with E-state index in [1.807, 2.05) is 13.0 Å². The van der Waals surface area contributed by atoms with Gasteiger partial charge in [0, 0.05) is 17.1 Å². The third-order valence-electron chi connectivity index (χ3n) is 4.72. The lowest BCUT2D eigenvalue weighted by Crippen LogP contribution is -2.33. The number of anilines is 1. The number of aryl methyl sites for hydroxylation is 1. The van der Waals surface area contributed by atoms with Crippen LogP contribution >= 0.6 is 0 Å². The first-order valence-corrected chi connectivity index (χ1v) is 8.66. The number of amides is 2. The zero-order chi connectivity index (χ0) is 19.0. The summed E-state index contributed by atoms with van der Waals surface area (Å²) < 4.78 is 19.5. The van der Waals surface area contributed by atoms with Gasteiger partial charge in [-0.05, 0) is 49.9 Å². The average molecular weight is 364 g/mol. The van der Waals surface area contributed by atoms with Crippen molar-refractivity contribution in [2.24, 2.45) is 5.92 Å². The zero-order valence-corrected chi connectivity index (χ0v) is 14.6. The third-order valence-corrected chi connectivity index (χ3v) is 4.72. The number of nitrogens with one attached hydrogen (secondary N) is 2. The van der Waals surface area contributed by atoms with Crippen molar-refractivity contribution in [3.05, 3.63) is 59.4 Å². The van der Waals surface area contributed by atoms with Crippen LogP contribution in [0.3, 0.4) is 0 Å². The van der Waals surface area contributed by atoms with E-state index < -0.39 is 6.03 Å². The Morgan fingerprint density at radius 2 is 2.19 bits per heavy atom.